The van der Waals surface area contributed by atoms with Crippen molar-refractivity contribution in [3.05, 3.63) is 76.0 Å². The second-order valence-corrected chi connectivity index (χ2v) is 10.3. The smallest absolute Gasteiger partial charge is 0.338 e. The number of morpholine rings is 1. The third-order valence-electron chi connectivity index (χ3n) is 6.48. The van der Waals surface area contributed by atoms with Gasteiger partial charge in [-0.1, -0.05) is 53.7 Å². The Morgan fingerprint density at radius 1 is 1.15 bits per heavy atom. The molecule has 10 nitrogen and oxygen atoms in total. The molecule has 5 rings (SSSR count). The third kappa shape index (κ3) is 6.05. The molecule has 2 aliphatic rings. The van der Waals surface area contributed by atoms with Crippen molar-refractivity contribution in [3.8, 4) is 5.75 Å². The van der Waals surface area contributed by atoms with E-state index in [1.165, 1.54) is 18.9 Å². The number of ether oxygens (including phenoxy) is 3. The van der Waals surface area contributed by atoms with Gasteiger partial charge in [0.2, 0.25) is 11.1 Å². The Hall–Kier alpha value is -3.54. The number of allylic oxidation sites excluding steroid dienone is 1. The van der Waals surface area contributed by atoms with E-state index < -0.39 is 12.0 Å². The molecule has 0 radical (unpaired) electrons. The lowest BCUT2D eigenvalue weighted by Crippen LogP contribution is -2.42. The minimum atomic E-state index is -0.570. The first-order valence-electron chi connectivity index (χ1n) is 12.4. The van der Waals surface area contributed by atoms with Crippen molar-refractivity contribution in [1.82, 2.24) is 19.7 Å². The van der Waals surface area contributed by atoms with Gasteiger partial charge in [-0.05, 0) is 36.2 Å². The van der Waals surface area contributed by atoms with Crippen molar-refractivity contribution >= 4 is 41.2 Å². The first-order valence-corrected chi connectivity index (χ1v) is 13.8. The summed E-state index contributed by atoms with van der Waals surface area (Å²) in [7, 11) is 1.35. The highest BCUT2D eigenvalue weighted by molar-refractivity contribution is 7.98. The molecule has 1 aromatic heterocycles. The van der Waals surface area contributed by atoms with Crippen LogP contribution in [0.1, 0.15) is 24.1 Å². The van der Waals surface area contributed by atoms with Gasteiger partial charge >= 0.3 is 5.97 Å². The molecular formula is C27H28ClN5O5S. The molecule has 1 atom stereocenters. The molecule has 39 heavy (non-hydrogen) atoms. The first-order chi connectivity index (χ1) is 18.9. The quantitative estimate of drug-likeness (QED) is 0.319. The van der Waals surface area contributed by atoms with E-state index in [2.05, 4.69) is 10.3 Å². The summed E-state index contributed by atoms with van der Waals surface area (Å²) in [6, 6.07) is 14.3. The summed E-state index contributed by atoms with van der Waals surface area (Å²) in [6.07, 6.45) is 0. The number of carbonyl (C=O) groups is 2. The highest BCUT2D eigenvalue weighted by Crippen LogP contribution is 2.37. The predicted molar refractivity (Wildman–Crippen MR) is 147 cm³/mol. The van der Waals surface area contributed by atoms with Crippen LogP contribution in [0.4, 0.5) is 5.95 Å². The van der Waals surface area contributed by atoms with E-state index in [0.717, 1.165) is 11.1 Å². The summed E-state index contributed by atoms with van der Waals surface area (Å²) in [5, 5.41) is 9.13. The summed E-state index contributed by atoms with van der Waals surface area (Å²) in [6.45, 7) is 3.96. The van der Waals surface area contributed by atoms with Crippen molar-refractivity contribution in [2.45, 2.75) is 23.9 Å². The van der Waals surface area contributed by atoms with E-state index in [1.54, 1.807) is 21.7 Å². The fraction of sp³-hybridized carbons (Fsp3) is 0.333. The molecule has 3 aromatic rings. The van der Waals surface area contributed by atoms with Gasteiger partial charge < -0.3 is 24.4 Å². The standard InChI is InChI=1S/C27H28ClN5O5S/c1-17-23(25(35)36-2)24(18-7-9-20(10-8-18)38-15-22(34)32-11-13-37-14-12-32)33-26(29-17)30-27(31-33)39-16-19-5-3-4-6-21(19)28/h3-10,24H,11-16H2,1-2H3,(H,29,30,31). The minimum Gasteiger partial charge on any atom is -0.484 e. The molecule has 1 N–H and O–H groups in total. The molecule has 0 bridgehead atoms. The molecule has 1 unspecified atom stereocenters. The fourth-order valence-electron chi connectivity index (χ4n) is 4.43. The van der Waals surface area contributed by atoms with Crippen LogP contribution in [0.5, 0.6) is 5.75 Å². The maximum atomic E-state index is 12.8. The Morgan fingerprint density at radius 3 is 2.62 bits per heavy atom. The second kappa shape index (κ2) is 12.1. The normalized spacial score (nSPS) is 16.9. The molecule has 204 valence electrons. The largest absolute Gasteiger partial charge is 0.484 e. The number of nitrogens with one attached hydrogen (secondary N) is 1. The van der Waals surface area contributed by atoms with Gasteiger partial charge in [0.25, 0.3) is 5.91 Å². The second-order valence-electron chi connectivity index (χ2n) is 8.95. The van der Waals surface area contributed by atoms with Crippen molar-refractivity contribution in [2.75, 3.05) is 45.3 Å². The Morgan fingerprint density at radius 2 is 1.90 bits per heavy atom. The molecule has 0 aliphatic carbocycles. The molecule has 1 amide bonds. The summed E-state index contributed by atoms with van der Waals surface area (Å²) in [4.78, 5) is 31.7. The van der Waals surface area contributed by atoms with Crippen LogP contribution >= 0.6 is 23.4 Å². The Balaban J connectivity index is 1.36. The Kier molecular flexibility index (Phi) is 8.39. The molecule has 2 aliphatic heterocycles. The number of amides is 1. The highest BCUT2D eigenvalue weighted by atomic mass is 35.5. The number of carbonyl (C=O) groups excluding carboxylic acids is 2. The number of nitrogens with zero attached hydrogens (tertiary/aromatic N) is 4. The monoisotopic (exact) mass is 569 g/mol. The van der Waals surface area contributed by atoms with Crippen LogP contribution in [-0.4, -0.2) is 71.6 Å². The van der Waals surface area contributed by atoms with E-state index in [4.69, 9.17) is 30.9 Å². The van der Waals surface area contributed by atoms with Gasteiger partial charge in [0, 0.05) is 29.6 Å². The molecule has 2 aromatic carbocycles. The van der Waals surface area contributed by atoms with Crippen LogP contribution in [0.25, 0.3) is 0 Å². The zero-order valence-corrected chi connectivity index (χ0v) is 23.1. The molecular weight excluding hydrogens is 542 g/mol. The molecule has 1 saturated heterocycles. The van der Waals surface area contributed by atoms with Gasteiger partial charge in [0.1, 0.15) is 11.8 Å². The van der Waals surface area contributed by atoms with Crippen molar-refractivity contribution in [2.24, 2.45) is 0 Å². The average molecular weight is 570 g/mol. The minimum absolute atomic E-state index is 0.0572. The van der Waals surface area contributed by atoms with Crippen LogP contribution in [-0.2, 0) is 24.8 Å². The van der Waals surface area contributed by atoms with E-state index in [-0.39, 0.29) is 12.5 Å². The van der Waals surface area contributed by atoms with E-state index in [0.29, 0.717) is 65.2 Å². The third-order valence-corrected chi connectivity index (χ3v) is 7.73. The molecule has 0 saturated carbocycles. The van der Waals surface area contributed by atoms with Gasteiger partial charge in [-0.3, -0.25) is 4.79 Å². The molecule has 3 heterocycles. The summed E-state index contributed by atoms with van der Waals surface area (Å²) < 4.78 is 17.8. The van der Waals surface area contributed by atoms with Gasteiger partial charge in [0.05, 0.1) is 25.9 Å². The van der Waals surface area contributed by atoms with Crippen molar-refractivity contribution in [3.63, 3.8) is 0 Å². The number of anilines is 1. The van der Waals surface area contributed by atoms with Crippen LogP contribution in [0, 0.1) is 0 Å². The van der Waals surface area contributed by atoms with E-state index >= 15 is 0 Å². The SMILES string of the molecule is COC(=O)C1=C(C)Nc2nc(SCc3ccccc3Cl)nn2C1c1ccc(OCC(=O)N2CCOCC2)cc1. The topological polar surface area (TPSA) is 108 Å². The maximum Gasteiger partial charge on any atom is 0.338 e. The van der Waals surface area contributed by atoms with Crippen molar-refractivity contribution in [1.29, 1.82) is 0 Å². The fourth-order valence-corrected chi connectivity index (χ4v) is 5.54. The van der Waals surface area contributed by atoms with Crippen molar-refractivity contribution < 1.29 is 23.8 Å². The number of hydrogen-bond acceptors (Lipinski definition) is 9. The van der Waals surface area contributed by atoms with Crippen LogP contribution in [0.15, 0.2) is 65.0 Å². The first kappa shape index (κ1) is 27.0. The van der Waals surface area contributed by atoms with Gasteiger partial charge in [-0.25, -0.2) is 9.48 Å². The highest BCUT2D eigenvalue weighted by Gasteiger charge is 2.35. The number of aromatic nitrogens is 3. The number of halogens is 1. The van der Waals surface area contributed by atoms with E-state index in [9.17, 15) is 9.59 Å². The zero-order valence-electron chi connectivity index (χ0n) is 21.6. The van der Waals surface area contributed by atoms with Gasteiger partial charge in [0.15, 0.2) is 6.61 Å². The van der Waals surface area contributed by atoms with Crippen LogP contribution in [0.3, 0.4) is 0 Å². The number of methoxy groups -OCH3 is 1. The number of hydrogen-bond donors (Lipinski definition) is 1. The number of fused-ring (bicyclic) bond motifs is 1. The van der Waals surface area contributed by atoms with E-state index in [1.807, 2.05) is 43.3 Å². The predicted octanol–water partition coefficient (Wildman–Crippen LogP) is 3.92. The lowest BCUT2D eigenvalue weighted by Gasteiger charge is -2.28. The summed E-state index contributed by atoms with van der Waals surface area (Å²) >= 11 is 7.76. The molecule has 1 fully saturated rings. The molecule has 0 spiro atoms. The lowest BCUT2D eigenvalue weighted by atomic mass is 9.96. The van der Waals surface area contributed by atoms with Crippen LogP contribution < -0.4 is 10.1 Å². The summed E-state index contributed by atoms with van der Waals surface area (Å²) in [5.74, 6) is 1.11. The van der Waals surface area contributed by atoms with Crippen LogP contribution in [0.2, 0.25) is 5.02 Å². The Bertz CT molecular complexity index is 1390. The lowest BCUT2D eigenvalue weighted by molar-refractivity contribution is -0.137. The number of esters is 1. The maximum absolute atomic E-state index is 12.8. The number of thioether (sulfide) groups is 1. The number of benzene rings is 2. The Labute approximate surface area is 235 Å². The average Bonchev–Trinajstić information content (AvgIpc) is 3.37. The number of rotatable bonds is 8. The molecule has 12 heteroatoms. The van der Waals surface area contributed by atoms with Gasteiger partial charge in [-0.2, -0.15) is 4.98 Å². The summed E-state index contributed by atoms with van der Waals surface area (Å²) in [5.41, 5.74) is 2.82. The zero-order chi connectivity index (χ0) is 27.4. The van der Waals surface area contributed by atoms with Gasteiger partial charge in [-0.15, -0.1) is 5.10 Å².